The minimum absolute atomic E-state index is 0.0259. The fraction of sp³-hybridized carbons (Fsp3) is 0.800. The van der Waals surface area contributed by atoms with Crippen LogP contribution in [0.4, 0.5) is 0 Å². The van der Waals surface area contributed by atoms with Gasteiger partial charge in [0.2, 0.25) is 0 Å². The van der Waals surface area contributed by atoms with Crippen LogP contribution in [0.25, 0.3) is 0 Å². The molecule has 1 aliphatic heterocycles. The molecule has 0 spiro atoms. The van der Waals surface area contributed by atoms with Crippen molar-refractivity contribution in [1.29, 1.82) is 0 Å². The number of fused-ring (bicyclic) bond motifs is 1. The highest BCUT2D eigenvalue weighted by Crippen LogP contribution is 2.39. The molecule has 20 heavy (non-hydrogen) atoms. The zero-order valence-corrected chi connectivity index (χ0v) is 11.4. The van der Waals surface area contributed by atoms with Gasteiger partial charge in [-0.1, -0.05) is 0 Å². The maximum Gasteiger partial charge on any atom is 0.171 e. The number of Topliss-reactive ketones (excluding diaryl/α,β-unsaturated/α-hetero) is 1. The summed E-state index contributed by atoms with van der Waals surface area (Å²) in [4.78, 5) is 12.6. The first-order valence-corrected chi connectivity index (χ1v) is 7.50. The predicted molar refractivity (Wildman–Crippen MR) is 70.7 cm³/mol. The molecule has 0 amide bonds. The Morgan fingerprint density at radius 3 is 2.40 bits per heavy atom. The Balaban J connectivity index is 1.76. The van der Waals surface area contributed by atoms with Gasteiger partial charge in [0, 0.05) is 18.4 Å². The first kappa shape index (κ1) is 14.0. The van der Waals surface area contributed by atoms with Crippen LogP contribution in [0.15, 0.2) is 11.8 Å². The van der Waals surface area contributed by atoms with Crippen LogP contribution in [0.3, 0.4) is 0 Å². The van der Waals surface area contributed by atoms with Crippen LogP contribution in [0.2, 0.25) is 0 Å². The van der Waals surface area contributed by atoms with Gasteiger partial charge in [0.1, 0.15) is 6.10 Å². The molecule has 3 N–H and O–H groups in total. The number of ketones is 1. The van der Waals surface area contributed by atoms with Gasteiger partial charge in [-0.25, -0.2) is 0 Å². The summed E-state index contributed by atoms with van der Waals surface area (Å²) in [6, 6.07) is 0. The van der Waals surface area contributed by atoms with Crippen molar-refractivity contribution >= 4 is 5.78 Å². The number of carbonyl (C=O) groups is 1. The number of carbonyl (C=O) groups excluding carboxylic acids is 1. The molecular formula is C15H22O5. The van der Waals surface area contributed by atoms with Crippen LogP contribution in [0, 0.1) is 11.8 Å². The molecule has 3 rings (SSSR count). The maximum atomic E-state index is 12.6. The third-order valence-corrected chi connectivity index (χ3v) is 4.93. The van der Waals surface area contributed by atoms with E-state index in [0.29, 0.717) is 24.8 Å². The highest BCUT2D eigenvalue weighted by atomic mass is 16.5. The monoisotopic (exact) mass is 282 g/mol. The molecule has 0 radical (unpaired) electrons. The van der Waals surface area contributed by atoms with Crippen LogP contribution in [-0.4, -0.2) is 45.5 Å². The number of allylic oxidation sites excluding steroid dienone is 1. The summed E-state index contributed by atoms with van der Waals surface area (Å²) in [5.41, 5.74) is 0.661. The van der Waals surface area contributed by atoms with Gasteiger partial charge in [-0.2, -0.15) is 0 Å². The van der Waals surface area contributed by atoms with Crippen molar-refractivity contribution in [3.8, 4) is 0 Å². The third-order valence-electron chi connectivity index (χ3n) is 4.93. The lowest BCUT2D eigenvalue weighted by Gasteiger charge is -2.40. The molecule has 2 saturated carbocycles. The zero-order chi connectivity index (χ0) is 14.3. The summed E-state index contributed by atoms with van der Waals surface area (Å²) < 4.78 is 5.62. The highest BCUT2D eigenvalue weighted by molar-refractivity contribution is 5.99. The quantitative estimate of drug-likeness (QED) is 0.653. The molecule has 0 aromatic carbocycles. The van der Waals surface area contributed by atoms with Crippen LogP contribution >= 0.6 is 0 Å². The predicted octanol–water partition coefficient (Wildman–Crippen LogP) is 0.521. The first-order valence-electron chi connectivity index (χ1n) is 7.50. The van der Waals surface area contributed by atoms with Crippen molar-refractivity contribution in [1.82, 2.24) is 0 Å². The standard InChI is InChI=1S/C15H22O5/c16-9-3-1-8(2-4-9)11-7-20-13-6-10(17)5-12(18)14(13)15(11)19/h7-10,12-14,16-18H,1-6H2. The number of rotatable bonds is 1. The largest absolute Gasteiger partial charge is 0.497 e. The van der Waals surface area contributed by atoms with Crippen molar-refractivity contribution in [2.24, 2.45) is 11.8 Å². The lowest BCUT2D eigenvalue weighted by Crippen LogP contribution is -2.50. The van der Waals surface area contributed by atoms with E-state index >= 15 is 0 Å². The van der Waals surface area contributed by atoms with Gasteiger partial charge in [0.25, 0.3) is 0 Å². The van der Waals surface area contributed by atoms with E-state index < -0.39 is 24.2 Å². The summed E-state index contributed by atoms with van der Waals surface area (Å²) in [6.45, 7) is 0. The van der Waals surface area contributed by atoms with E-state index in [-0.39, 0.29) is 24.2 Å². The highest BCUT2D eigenvalue weighted by Gasteiger charge is 2.46. The van der Waals surface area contributed by atoms with Crippen molar-refractivity contribution in [3.63, 3.8) is 0 Å². The van der Waals surface area contributed by atoms with E-state index in [1.54, 1.807) is 0 Å². The molecule has 0 aromatic rings. The average Bonchev–Trinajstić information content (AvgIpc) is 2.39. The van der Waals surface area contributed by atoms with Gasteiger partial charge < -0.3 is 20.1 Å². The Bertz CT molecular complexity index is 410. The molecule has 112 valence electrons. The normalized spacial score (nSPS) is 45.4. The summed E-state index contributed by atoms with van der Waals surface area (Å²) in [5, 5.41) is 29.3. The third kappa shape index (κ3) is 2.50. The molecule has 5 heteroatoms. The van der Waals surface area contributed by atoms with Gasteiger partial charge in [-0.15, -0.1) is 0 Å². The lowest BCUT2D eigenvalue weighted by molar-refractivity contribution is -0.141. The molecule has 1 heterocycles. The topological polar surface area (TPSA) is 87.0 Å². The van der Waals surface area contributed by atoms with Crippen molar-refractivity contribution < 1.29 is 24.9 Å². The second-order valence-electron chi connectivity index (χ2n) is 6.34. The second-order valence-corrected chi connectivity index (χ2v) is 6.34. The molecule has 0 aromatic heterocycles. The Labute approximate surface area is 118 Å². The van der Waals surface area contributed by atoms with Crippen LogP contribution in [-0.2, 0) is 9.53 Å². The first-order chi connectivity index (χ1) is 9.56. The van der Waals surface area contributed by atoms with E-state index in [0.717, 1.165) is 12.8 Å². The molecular weight excluding hydrogens is 260 g/mol. The van der Waals surface area contributed by atoms with E-state index in [1.807, 2.05) is 0 Å². The lowest BCUT2D eigenvalue weighted by atomic mass is 9.72. The molecule has 2 fully saturated rings. The van der Waals surface area contributed by atoms with Crippen LogP contribution in [0.5, 0.6) is 0 Å². The summed E-state index contributed by atoms with van der Waals surface area (Å²) >= 11 is 0. The number of aliphatic hydroxyl groups excluding tert-OH is 3. The molecule has 2 aliphatic carbocycles. The molecule has 4 atom stereocenters. The van der Waals surface area contributed by atoms with Gasteiger partial charge in [-0.3, -0.25) is 4.79 Å². The minimum atomic E-state index is -0.825. The second kappa shape index (κ2) is 5.47. The molecule has 5 nitrogen and oxygen atoms in total. The number of hydrogen-bond donors (Lipinski definition) is 3. The van der Waals surface area contributed by atoms with E-state index in [1.165, 1.54) is 6.26 Å². The Morgan fingerprint density at radius 1 is 1.00 bits per heavy atom. The fourth-order valence-corrected chi connectivity index (χ4v) is 3.76. The van der Waals surface area contributed by atoms with E-state index in [2.05, 4.69) is 0 Å². The van der Waals surface area contributed by atoms with Gasteiger partial charge >= 0.3 is 0 Å². The Kier molecular flexibility index (Phi) is 3.84. The minimum Gasteiger partial charge on any atom is -0.497 e. The van der Waals surface area contributed by atoms with Gasteiger partial charge in [0.05, 0.1) is 30.5 Å². The molecule has 0 bridgehead atoms. The van der Waals surface area contributed by atoms with Gasteiger partial charge in [-0.05, 0) is 31.6 Å². The van der Waals surface area contributed by atoms with Crippen LogP contribution in [0.1, 0.15) is 38.5 Å². The number of aliphatic hydroxyl groups is 3. The van der Waals surface area contributed by atoms with Gasteiger partial charge in [0.15, 0.2) is 5.78 Å². The Hall–Kier alpha value is -0.910. The van der Waals surface area contributed by atoms with E-state index in [4.69, 9.17) is 4.74 Å². The molecule has 3 aliphatic rings. The SMILES string of the molecule is O=C1C(C2CCC(O)CC2)=COC2CC(O)CC(O)C12. The summed E-state index contributed by atoms with van der Waals surface area (Å²) in [5.74, 6) is -0.432. The number of ether oxygens (including phenoxy) is 1. The van der Waals surface area contributed by atoms with Crippen molar-refractivity contribution in [2.45, 2.75) is 62.9 Å². The molecule has 0 saturated heterocycles. The maximum absolute atomic E-state index is 12.6. The summed E-state index contributed by atoms with van der Waals surface area (Å²) in [6.07, 6.45) is 3.11. The van der Waals surface area contributed by atoms with Crippen molar-refractivity contribution in [3.05, 3.63) is 11.8 Å². The fourth-order valence-electron chi connectivity index (χ4n) is 3.76. The Morgan fingerprint density at radius 2 is 1.70 bits per heavy atom. The van der Waals surface area contributed by atoms with Crippen LogP contribution < -0.4 is 0 Å². The van der Waals surface area contributed by atoms with E-state index in [9.17, 15) is 20.1 Å². The average molecular weight is 282 g/mol. The zero-order valence-electron chi connectivity index (χ0n) is 11.4. The van der Waals surface area contributed by atoms with Crippen molar-refractivity contribution in [2.75, 3.05) is 0 Å². The smallest absolute Gasteiger partial charge is 0.171 e. The summed E-state index contributed by atoms with van der Waals surface area (Å²) in [7, 11) is 0. The number of hydrogen-bond acceptors (Lipinski definition) is 5. The molecule has 4 unspecified atom stereocenters.